The minimum absolute atomic E-state index is 0.460. The maximum Gasteiger partial charge on any atom is 0.158 e. The average Bonchev–Trinajstić information content (AvgIpc) is 2.89. The first-order valence-electron chi connectivity index (χ1n) is 11.0. The van der Waals surface area contributed by atoms with Crippen LogP contribution in [0.2, 0.25) is 0 Å². The molecule has 1 N–H and O–H groups in total. The van der Waals surface area contributed by atoms with Gasteiger partial charge in [-0.25, -0.2) is 0 Å². The van der Waals surface area contributed by atoms with E-state index < -0.39 is 0 Å². The summed E-state index contributed by atoms with van der Waals surface area (Å²) in [5.41, 5.74) is 3.11. The van der Waals surface area contributed by atoms with E-state index in [2.05, 4.69) is 49.2 Å². The predicted molar refractivity (Wildman–Crippen MR) is 116 cm³/mol. The number of fused-ring (bicyclic) bond motifs is 7. The van der Waals surface area contributed by atoms with E-state index in [0.717, 1.165) is 52.7 Å². The van der Waals surface area contributed by atoms with Crippen LogP contribution in [0.3, 0.4) is 0 Å². The Hall–Kier alpha value is -2.18. The van der Waals surface area contributed by atoms with E-state index in [-0.39, 0.29) is 0 Å². The maximum absolute atomic E-state index is 5.35. The molecule has 2 saturated heterocycles. The monoisotopic (exact) mass is 393 g/mol. The molecule has 3 aromatic heterocycles. The molecule has 0 amide bonds. The summed E-state index contributed by atoms with van der Waals surface area (Å²) in [6.07, 6.45) is 9.00. The van der Waals surface area contributed by atoms with Gasteiger partial charge in [0.25, 0.3) is 0 Å². The number of ether oxygens (including phenoxy) is 1. The van der Waals surface area contributed by atoms with Crippen LogP contribution >= 0.6 is 0 Å². The van der Waals surface area contributed by atoms with Gasteiger partial charge in [-0.3, -0.25) is 0 Å². The van der Waals surface area contributed by atoms with E-state index in [9.17, 15) is 0 Å². The molecule has 2 aliphatic heterocycles. The molecule has 6 rings (SSSR count). The second kappa shape index (κ2) is 8.28. The fourth-order valence-electron chi connectivity index (χ4n) is 5.27. The molecule has 2 bridgehead atoms. The molecule has 6 heteroatoms. The number of pyridine rings is 1. The Morgan fingerprint density at radius 3 is 2.66 bits per heavy atom. The summed E-state index contributed by atoms with van der Waals surface area (Å²) in [5.74, 6) is 2.75. The first kappa shape index (κ1) is 18.8. The maximum atomic E-state index is 5.35. The van der Waals surface area contributed by atoms with Crippen LogP contribution in [0.1, 0.15) is 37.8 Å². The molecule has 6 nitrogen and oxygen atoms in total. The second-order valence-electron chi connectivity index (χ2n) is 8.76. The number of nitrogens with one attached hydrogen (secondary N) is 1. The molecular weight excluding hydrogens is 362 g/mol. The Labute approximate surface area is 172 Å². The number of methoxy groups -OCH3 is 1. The van der Waals surface area contributed by atoms with E-state index in [4.69, 9.17) is 4.74 Å². The van der Waals surface area contributed by atoms with Gasteiger partial charge in [-0.15, -0.1) is 10.2 Å². The van der Waals surface area contributed by atoms with Gasteiger partial charge in [-0.1, -0.05) is 6.07 Å². The van der Waals surface area contributed by atoms with Crippen LogP contribution in [0.5, 0.6) is 0 Å². The number of anilines is 1. The van der Waals surface area contributed by atoms with Crippen LogP contribution in [0.15, 0.2) is 30.5 Å². The normalized spacial score (nSPS) is 22.4. The summed E-state index contributed by atoms with van der Waals surface area (Å²) in [5, 5.41) is 13.6. The Balaban J connectivity index is 1.29. The smallest absolute Gasteiger partial charge is 0.158 e. The number of hydrogen-bond acceptors (Lipinski definition) is 5. The third-order valence-electron chi connectivity index (χ3n) is 6.70. The largest absolute Gasteiger partial charge is 0.378 e. The van der Waals surface area contributed by atoms with Crippen molar-refractivity contribution in [1.82, 2.24) is 19.5 Å². The molecule has 0 radical (unpaired) electrons. The molecule has 0 unspecified atom stereocenters. The highest BCUT2D eigenvalue weighted by Crippen LogP contribution is 2.34. The van der Waals surface area contributed by atoms with Gasteiger partial charge >= 0.3 is 0 Å². The molecule has 3 aliphatic rings. The molecule has 5 heterocycles. The molecule has 0 spiro atoms. The van der Waals surface area contributed by atoms with Crippen LogP contribution < -0.4 is 5.32 Å². The van der Waals surface area contributed by atoms with E-state index in [1.54, 1.807) is 7.11 Å². The molecular formula is C23H31N5O. The molecule has 29 heavy (non-hydrogen) atoms. The first-order valence-corrected chi connectivity index (χ1v) is 11.0. The fraction of sp³-hybridized carbons (Fsp3) is 0.565. The highest BCUT2D eigenvalue weighted by atomic mass is 16.5. The highest BCUT2D eigenvalue weighted by Gasteiger charge is 2.28. The predicted octanol–water partition coefficient (Wildman–Crippen LogP) is 3.95. The van der Waals surface area contributed by atoms with Crippen molar-refractivity contribution in [2.24, 2.45) is 11.8 Å². The minimum Gasteiger partial charge on any atom is -0.378 e. The summed E-state index contributed by atoms with van der Waals surface area (Å²) < 4.78 is 7.53. The van der Waals surface area contributed by atoms with Gasteiger partial charge in [0.1, 0.15) is 5.69 Å². The Bertz CT molecular complexity index is 962. The topological polar surface area (TPSA) is 54.7 Å². The number of hydrogen-bond donors (Lipinski definition) is 1. The van der Waals surface area contributed by atoms with Gasteiger partial charge in [0.2, 0.25) is 0 Å². The summed E-state index contributed by atoms with van der Waals surface area (Å²) in [4.78, 5) is 2.70. The summed E-state index contributed by atoms with van der Waals surface area (Å²) in [6, 6.07) is 8.42. The van der Waals surface area contributed by atoms with Crippen molar-refractivity contribution >= 4 is 22.2 Å². The standard InChI is InChI=1S/C23H31N5O/c1-29-16-21-22-20(13-19-5-2-3-12-28(19)22)23(26-25-21)24-10-4-11-27-14-17-6-7-18(15-27)9-8-17/h2-3,5,12-13,17-18H,4,6-11,14-16H2,1H3,(H,24,26). The molecule has 0 aromatic carbocycles. The minimum atomic E-state index is 0.460. The zero-order chi connectivity index (χ0) is 19.6. The zero-order valence-corrected chi connectivity index (χ0v) is 17.3. The van der Waals surface area contributed by atoms with E-state index in [0.29, 0.717) is 6.61 Å². The van der Waals surface area contributed by atoms with Gasteiger partial charge in [-0.2, -0.15) is 0 Å². The Morgan fingerprint density at radius 2 is 1.90 bits per heavy atom. The molecule has 1 saturated carbocycles. The molecule has 3 fully saturated rings. The third-order valence-corrected chi connectivity index (χ3v) is 6.70. The van der Waals surface area contributed by atoms with Crippen molar-refractivity contribution in [2.45, 2.75) is 38.7 Å². The SMILES string of the molecule is COCc1nnc(NCCCN2CC3CCC(CC3)C2)c2cc3ccccn3c12. The molecule has 0 atom stereocenters. The molecule has 154 valence electrons. The van der Waals surface area contributed by atoms with Gasteiger partial charge in [-0.05, 0) is 68.7 Å². The lowest BCUT2D eigenvalue weighted by atomic mass is 9.84. The Kier molecular flexibility index (Phi) is 5.38. The van der Waals surface area contributed by atoms with Crippen LogP contribution in [-0.2, 0) is 11.3 Å². The lowest BCUT2D eigenvalue weighted by Crippen LogP contribution is -2.30. The van der Waals surface area contributed by atoms with Crippen LogP contribution in [-0.4, -0.2) is 52.8 Å². The zero-order valence-electron chi connectivity index (χ0n) is 17.3. The van der Waals surface area contributed by atoms with E-state index >= 15 is 0 Å². The van der Waals surface area contributed by atoms with E-state index in [1.807, 2.05) is 6.07 Å². The van der Waals surface area contributed by atoms with Crippen molar-refractivity contribution in [3.8, 4) is 0 Å². The van der Waals surface area contributed by atoms with Gasteiger partial charge in [0.15, 0.2) is 5.82 Å². The lowest BCUT2D eigenvalue weighted by Gasteiger charge is -2.22. The van der Waals surface area contributed by atoms with Gasteiger partial charge < -0.3 is 19.4 Å². The van der Waals surface area contributed by atoms with Crippen molar-refractivity contribution in [3.05, 3.63) is 36.2 Å². The van der Waals surface area contributed by atoms with Gasteiger partial charge in [0.05, 0.1) is 12.1 Å². The summed E-state index contributed by atoms with van der Waals surface area (Å²) in [7, 11) is 1.70. The van der Waals surface area contributed by atoms with Crippen LogP contribution in [0.4, 0.5) is 5.82 Å². The average molecular weight is 394 g/mol. The Morgan fingerprint density at radius 1 is 1.10 bits per heavy atom. The lowest BCUT2D eigenvalue weighted by molar-refractivity contribution is 0.181. The quantitative estimate of drug-likeness (QED) is 0.616. The number of nitrogens with zero attached hydrogens (tertiary/aromatic N) is 4. The number of rotatable bonds is 7. The molecule has 1 aliphatic carbocycles. The van der Waals surface area contributed by atoms with Crippen molar-refractivity contribution in [3.63, 3.8) is 0 Å². The fourth-order valence-corrected chi connectivity index (χ4v) is 5.27. The van der Waals surface area contributed by atoms with Crippen molar-refractivity contribution in [1.29, 1.82) is 0 Å². The third kappa shape index (κ3) is 3.83. The van der Waals surface area contributed by atoms with E-state index in [1.165, 1.54) is 45.3 Å². The second-order valence-corrected chi connectivity index (χ2v) is 8.76. The van der Waals surface area contributed by atoms with Gasteiger partial charge in [0, 0.05) is 43.8 Å². The number of aromatic nitrogens is 3. The summed E-state index contributed by atoms with van der Waals surface area (Å²) in [6.45, 7) is 5.16. The molecule has 3 aromatic rings. The van der Waals surface area contributed by atoms with Crippen molar-refractivity contribution in [2.75, 3.05) is 38.6 Å². The summed E-state index contributed by atoms with van der Waals surface area (Å²) >= 11 is 0. The van der Waals surface area contributed by atoms with Crippen molar-refractivity contribution < 1.29 is 4.74 Å². The first-order chi connectivity index (χ1) is 14.3. The van der Waals surface area contributed by atoms with Crippen LogP contribution in [0, 0.1) is 11.8 Å². The highest BCUT2D eigenvalue weighted by molar-refractivity contribution is 5.96. The van der Waals surface area contributed by atoms with Crippen LogP contribution in [0.25, 0.3) is 16.4 Å².